The van der Waals surface area contributed by atoms with Gasteiger partial charge in [-0.15, -0.1) is 0 Å². The fraction of sp³-hybridized carbons (Fsp3) is 0.562. The van der Waals surface area contributed by atoms with E-state index in [1.165, 1.54) is 0 Å². The molecule has 5 heteroatoms. The van der Waals surface area contributed by atoms with Crippen LogP contribution in [0.15, 0.2) is 18.2 Å². The lowest BCUT2D eigenvalue weighted by atomic mass is 10.0. The van der Waals surface area contributed by atoms with E-state index in [0.29, 0.717) is 10.6 Å². The molecular formula is C16H25ClN4. The smallest absolute Gasteiger partial charge is 0.122 e. The van der Waals surface area contributed by atoms with Gasteiger partial charge in [-0.3, -0.25) is 15.2 Å². The number of hydrogen-bond acceptors (Lipinski definition) is 3. The summed E-state index contributed by atoms with van der Waals surface area (Å²) < 4.78 is 0. The summed E-state index contributed by atoms with van der Waals surface area (Å²) in [5.74, 6) is 0.0576. The molecule has 3 N–H and O–H groups in total. The second-order valence-electron chi connectivity index (χ2n) is 6.65. The van der Waals surface area contributed by atoms with Gasteiger partial charge in [0, 0.05) is 48.8 Å². The van der Waals surface area contributed by atoms with Crippen LogP contribution in [-0.4, -0.2) is 47.4 Å². The number of hydrogen-bond donors (Lipinski definition) is 2. The van der Waals surface area contributed by atoms with Crippen LogP contribution in [0.4, 0.5) is 0 Å². The number of amidine groups is 1. The van der Waals surface area contributed by atoms with Crippen LogP contribution >= 0.6 is 11.6 Å². The topological polar surface area (TPSA) is 56.4 Å². The van der Waals surface area contributed by atoms with Crippen molar-refractivity contribution in [3.8, 4) is 0 Å². The van der Waals surface area contributed by atoms with Crippen LogP contribution in [0.2, 0.25) is 5.02 Å². The molecule has 2 rings (SSSR count). The Morgan fingerprint density at radius 2 is 1.86 bits per heavy atom. The van der Waals surface area contributed by atoms with E-state index < -0.39 is 0 Å². The standard InChI is InChI=1S/C16H25ClN4/c1-16(2,3)21-8-6-20(7-9-21)11-13-5-4-12(15(18)19)10-14(13)17/h4-5,10H,6-9,11H2,1-3H3,(H3,18,19). The Bertz CT molecular complexity index is 513. The minimum atomic E-state index is 0.0576. The zero-order valence-corrected chi connectivity index (χ0v) is 13.9. The fourth-order valence-corrected chi connectivity index (χ4v) is 2.90. The minimum absolute atomic E-state index is 0.0576. The number of nitrogen functional groups attached to an aromatic ring is 1. The van der Waals surface area contributed by atoms with Crippen molar-refractivity contribution in [3.63, 3.8) is 0 Å². The molecule has 0 spiro atoms. The van der Waals surface area contributed by atoms with Crippen LogP contribution in [0.25, 0.3) is 0 Å². The number of benzene rings is 1. The molecule has 1 aromatic rings. The molecule has 116 valence electrons. The number of rotatable bonds is 3. The van der Waals surface area contributed by atoms with Crippen LogP contribution in [0.1, 0.15) is 31.9 Å². The number of nitrogens with one attached hydrogen (secondary N) is 1. The Morgan fingerprint density at radius 3 is 2.33 bits per heavy atom. The van der Waals surface area contributed by atoms with Crippen molar-refractivity contribution in [1.82, 2.24) is 9.80 Å². The van der Waals surface area contributed by atoms with E-state index in [0.717, 1.165) is 38.3 Å². The molecule has 0 aliphatic carbocycles. The lowest BCUT2D eigenvalue weighted by molar-refractivity contribution is 0.0591. The van der Waals surface area contributed by atoms with E-state index in [1.54, 1.807) is 6.07 Å². The van der Waals surface area contributed by atoms with Gasteiger partial charge in [-0.25, -0.2) is 0 Å². The van der Waals surface area contributed by atoms with Crippen molar-refractivity contribution < 1.29 is 0 Å². The van der Waals surface area contributed by atoms with E-state index >= 15 is 0 Å². The molecule has 1 heterocycles. The Hall–Kier alpha value is -1.10. The van der Waals surface area contributed by atoms with E-state index in [2.05, 4.69) is 30.6 Å². The normalized spacial score (nSPS) is 17.9. The lowest BCUT2D eigenvalue weighted by Gasteiger charge is -2.42. The molecular weight excluding hydrogens is 284 g/mol. The van der Waals surface area contributed by atoms with Crippen LogP contribution in [0, 0.1) is 5.41 Å². The van der Waals surface area contributed by atoms with Crippen molar-refractivity contribution in [3.05, 3.63) is 34.3 Å². The average Bonchev–Trinajstić information content (AvgIpc) is 2.40. The van der Waals surface area contributed by atoms with E-state index in [-0.39, 0.29) is 11.4 Å². The molecule has 4 nitrogen and oxygen atoms in total. The molecule has 0 radical (unpaired) electrons. The van der Waals surface area contributed by atoms with E-state index in [1.807, 2.05) is 12.1 Å². The van der Waals surface area contributed by atoms with Crippen molar-refractivity contribution in [2.24, 2.45) is 5.73 Å². The second-order valence-corrected chi connectivity index (χ2v) is 7.06. The summed E-state index contributed by atoms with van der Waals surface area (Å²) in [5.41, 5.74) is 7.51. The zero-order valence-electron chi connectivity index (χ0n) is 13.1. The Morgan fingerprint density at radius 1 is 1.24 bits per heavy atom. The molecule has 21 heavy (non-hydrogen) atoms. The molecule has 0 amide bonds. The number of nitrogens with two attached hydrogens (primary N) is 1. The summed E-state index contributed by atoms with van der Waals surface area (Å²) in [6.45, 7) is 11.9. The van der Waals surface area contributed by atoms with Crippen molar-refractivity contribution in [2.75, 3.05) is 26.2 Å². The van der Waals surface area contributed by atoms with Gasteiger partial charge in [-0.05, 0) is 32.4 Å². The molecule has 0 unspecified atom stereocenters. The SMILES string of the molecule is CC(C)(C)N1CCN(Cc2ccc(C(=N)N)cc2Cl)CC1. The maximum atomic E-state index is 7.44. The van der Waals surface area contributed by atoms with Crippen LogP contribution < -0.4 is 5.73 Å². The van der Waals surface area contributed by atoms with Gasteiger partial charge in [-0.2, -0.15) is 0 Å². The third-order valence-electron chi connectivity index (χ3n) is 4.08. The Kier molecular flexibility index (Phi) is 4.91. The zero-order chi connectivity index (χ0) is 15.6. The summed E-state index contributed by atoms with van der Waals surface area (Å²) in [5, 5.41) is 8.13. The van der Waals surface area contributed by atoms with Gasteiger partial charge in [0.05, 0.1) is 0 Å². The predicted octanol–water partition coefficient (Wildman–Crippen LogP) is 2.54. The van der Waals surface area contributed by atoms with Gasteiger partial charge in [0.25, 0.3) is 0 Å². The summed E-state index contributed by atoms with van der Waals surface area (Å²) in [7, 11) is 0. The summed E-state index contributed by atoms with van der Waals surface area (Å²) in [6.07, 6.45) is 0. The summed E-state index contributed by atoms with van der Waals surface area (Å²) in [4.78, 5) is 4.95. The third-order valence-corrected chi connectivity index (χ3v) is 4.43. The quantitative estimate of drug-likeness (QED) is 0.666. The van der Waals surface area contributed by atoms with Crippen LogP contribution in [0.5, 0.6) is 0 Å². The highest BCUT2D eigenvalue weighted by Crippen LogP contribution is 2.21. The minimum Gasteiger partial charge on any atom is -0.384 e. The van der Waals surface area contributed by atoms with E-state index in [9.17, 15) is 0 Å². The van der Waals surface area contributed by atoms with Gasteiger partial charge >= 0.3 is 0 Å². The molecule has 0 atom stereocenters. The highest BCUT2D eigenvalue weighted by atomic mass is 35.5. The molecule has 1 saturated heterocycles. The largest absolute Gasteiger partial charge is 0.384 e. The highest BCUT2D eigenvalue weighted by molar-refractivity contribution is 6.31. The van der Waals surface area contributed by atoms with Crippen LogP contribution in [0.3, 0.4) is 0 Å². The highest BCUT2D eigenvalue weighted by Gasteiger charge is 2.25. The molecule has 1 aliphatic heterocycles. The van der Waals surface area contributed by atoms with E-state index in [4.69, 9.17) is 22.7 Å². The van der Waals surface area contributed by atoms with Crippen molar-refractivity contribution in [1.29, 1.82) is 5.41 Å². The Balaban J connectivity index is 1.96. The Labute approximate surface area is 132 Å². The number of piperazine rings is 1. The number of nitrogens with zero attached hydrogens (tertiary/aromatic N) is 2. The fourth-order valence-electron chi connectivity index (χ4n) is 2.66. The third kappa shape index (κ3) is 4.19. The molecule has 0 saturated carbocycles. The summed E-state index contributed by atoms with van der Waals surface area (Å²) in [6, 6.07) is 5.63. The van der Waals surface area contributed by atoms with Gasteiger partial charge in [-0.1, -0.05) is 23.7 Å². The molecule has 1 fully saturated rings. The first-order valence-corrected chi connectivity index (χ1v) is 7.75. The first kappa shape index (κ1) is 16.3. The molecule has 1 aromatic carbocycles. The van der Waals surface area contributed by atoms with Gasteiger partial charge in [0.1, 0.15) is 5.84 Å². The van der Waals surface area contributed by atoms with Gasteiger partial charge in [0.2, 0.25) is 0 Å². The second kappa shape index (κ2) is 6.34. The first-order chi connectivity index (χ1) is 9.77. The molecule has 0 bridgehead atoms. The molecule has 0 aromatic heterocycles. The average molecular weight is 309 g/mol. The van der Waals surface area contributed by atoms with Gasteiger partial charge in [0.15, 0.2) is 0 Å². The number of halogens is 1. The first-order valence-electron chi connectivity index (χ1n) is 7.37. The maximum absolute atomic E-state index is 7.44. The maximum Gasteiger partial charge on any atom is 0.122 e. The lowest BCUT2D eigenvalue weighted by Crippen LogP contribution is -2.53. The predicted molar refractivity (Wildman–Crippen MR) is 89.1 cm³/mol. The van der Waals surface area contributed by atoms with Crippen molar-refractivity contribution in [2.45, 2.75) is 32.9 Å². The summed E-state index contributed by atoms with van der Waals surface area (Å²) >= 11 is 6.30. The monoisotopic (exact) mass is 308 g/mol. The van der Waals surface area contributed by atoms with Crippen molar-refractivity contribution >= 4 is 17.4 Å². The molecule has 1 aliphatic rings. The van der Waals surface area contributed by atoms with Gasteiger partial charge < -0.3 is 5.73 Å². The van der Waals surface area contributed by atoms with Crippen LogP contribution in [-0.2, 0) is 6.54 Å².